The number of hydrogen-bond donors (Lipinski definition) is 5. The summed E-state index contributed by atoms with van der Waals surface area (Å²) in [7, 11) is -3.11. The Balaban J connectivity index is 0. The van der Waals surface area contributed by atoms with E-state index >= 15 is 0 Å². The van der Waals surface area contributed by atoms with E-state index in [9.17, 15) is 0 Å². The van der Waals surface area contributed by atoms with Crippen molar-refractivity contribution < 1.29 is 29.0 Å². The normalized spacial score (nSPS) is 13.4. The van der Waals surface area contributed by atoms with Gasteiger partial charge >= 0.3 is 9.05 Å². The molecule has 0 bridgehead atoms. The third kappa shape index (κ3) is 25.6. The lowest BCUT2D eigenvalue weighted by Gasteiger charge is -2.01. The molecular weight excluding hydrogens is 172 g/mol. The van der Waals surface area contributed by atoms with Gasteiger partial charge in [0.15, 0.2) is 0 Å². The van der Waals surface area contributed by atoms with E-state index in [1.54, 1.807) is 0 Å². The van der Waals surface area contributed by atoms with Gasteiger partial charge in [-0.15, -0.1) is 0 Å². The summed E-state index contributed by atoms with van der Waals surface area (Å²) >= 11 is 0. The Morgan fingerprint density at radius 3 is 1.55 bits per heavy atom. The summed E-state index contributed by atoms with van der Waals surface area (Å²) in [5, 5.41) is 16.0. The van der Waals surface area contributed by atoms with Gasteiger partial charge < -0.3 is 29.0 Å². The molecule has 0 amide bonds. The molecule has 0 fully saturated rings. The fourth-order valence-corrected chi connectivity index (χ4v) is 0. The summed E-state index contributed by atoms with van der Waals surface area (Å²) < 4.78 is 3.74. The number of rotatable bonds is 2. The van der Waals surface area contributed by atoms with Gasteiger partial charge in [0.2, 0.25) is 0 Å². The molecule has 0 rings (SSSR count). The van der Waals surface area contributed by atoms with E-state index < -0.39 is 15.2 Å². The summed E-state index contributed by atoms with van der Waals surface area (Å²) in [5.41, 5.74) is 0. The standard InChI is InChI=1S/C3H8O2.CH6O4Si/c1-3(5)2-4;1-5-6(2,3)4/h3-5H,2H2,1H3;2-4H,1H3. The van der Waals surface area contributed by atoms with E-state index in [0.29, 0.717) is 0 Å². The number of hydrogen-bond acceptors (Lipinski definition) is 6. The van der Waals surface area contributed by atoms with E-state index in [0.717, 1.165) is 7.11 Å². The van der Waals surface area contributed by atoms with Crippen LogP contribution in [0.3, 0.4) is 0 Å². The van der Waals surface area contributed by atoms with Gasteiger partial charge in [-0.3, -0.25) is 0 Å². The van der Waals surface area contributed by atoms with Crippen molar-refractivity contribution in [2.24, 2.45) is 0 Å². The Morgan fingerprint density at radius 2 is 1.55 bits per heavy atom. The van der Waals surface area contributed by atoms with Gasteiger partial charge in [0.25, 0.3) is 0 Å². The highest BCUT2D eigenvalue weighted by Crippen LogP contribution is 1.80. The zero-order valence-corrected chi connectivity index (χ0v) is 7.43. The van der Waals surface area contributed by atoms with Crippen LogP contribution in [0.2, 0.25) is 0 Å². The molecule has 0 heterocycles. The van der Waals surface area contributed by atoms with Crippen molar-refractivity contribution in [2.45, 2.75) is 13.0 Å². The molecule has 0 radical (unpaired) electrons. The average molecular weight is 186 g/mol. The van der Waals surface area contributed by atoms with E-state index in [1.807, 2.05) is 0 Å². The van der Waals surface area contributed by atoms with Gasteiger partial charge in [-0.25, -0.2) is 0 Å². The molecule has 0 aromatic carbocycles. The highest BCUT2D eigenvalue weighted by molar-refractivity contribution is 6.48. The molecule has 0 saturated heterocycles. The SMILES string of the molecule is CC(O)CO.CO[Si](O)(O)O. The lowest BCUT2D eigenvalue weighted by atomic mass is 10.5. The Bertz CT molecular complexity index is 79.1. The number of aliphatic hydroxyl groups excluding tert-OH is 2. The molecule has 6 nitrogen and oxygen atoms in total. The molecule has 0 spiro atoms. The predicted octanol–water partition coefficient (Wildman–Crippen LogP) is -2.60. The molecule has 0 aliphatic heterocycles. The summed E-state index contributed by atoms with van der Waals surface area (Å²) in [6, 6.07) is 0. The van der Waals surface area contributed by atoms with Crippen molar-refractivity contribution in [3.8, 4) is 0 Å². The van der Waals surface area contributed by atoms with Crippen LogP contribution in [0.25, 0.3) is 0 Å². The minimum Gasteiger partial charge on any atom is -0.394 e. The smallest absolute Gasteiger partial charge is 0.394 e. The van der Waals surface area contributed by atoms with Crippen LogP contribution in [0.4, 0.5) is 0 Å². The van der Waals surface area contributed by atoms with Crippen molar-refractivity contribution in [2.75, 3.05) is 13.7 Å². The lowest BCUT2D eigenvalue weighted by molar-refractivity contribution is 0.0881. The maximum Gasteiger partial charge on any atom is 0.671 e. The second-order valence-electron chi connectivity index (χ2n) is 1.81. The third-order valence-corrected chi connectivity index (χ3v) is 1.09. The topological polar surface area (TPSA) is 110 Å². The summed E-state index contributed by atoms with van der Waals surface area (Å²) in [4.78, 5) is 23.6. The maximum absolute atomic E-state index is 8.11. The van der Waals surface area contributed by atoms with Crippen LogP contribution in [0.1, 0.15) is 6.92 Å². The van der Waals surface area contributed by atoms with Crippen LogP contribution < -0.4 is 0 Å². The largest absolute Gasteiger partial charge is 0.671 e. The van der Waals surface area contributed by atoms with Gasteiger partial charge in [0.1, 0.15) is 0 Å². The van der Waals surface area contributed by atoms with Crippen molar-refractivity contribution in [3.63, 3.8) is 0 Å². The van der Waals surface area contributed by atoms with Crippen LogP contribution in [-0.2, 0) is 4.43 Å². The quantitative estimate of drug-likeness (QED) is 0.303. The second-order valence-corrected chi connectivity index (χ2v) is 3.37. The van der Waals surface area contributed by atoms with Crippen LogP contribution in [-0.4, -0.2) is 53.5 Å². The summed E-state index contributed by atoms with van der Waals surface area (Å²) in [5.74, 6) is 0. The minimum absolute atomic E-state index is 0.139. The molecule has 11 heavy (non-hydrogen) atoms. The highest BCUT2D eigenvalue weighted by Gasteiger charge is 2.27. The lowest BCUT2D eigenvalue weighted by Crippen LogP contribution is -2.37. The first-order valence-electron chi connectivity index (χ1n) is 2.84. The summed E-state index contributed by atoms with van der Waals surface area (Å²) in [6.45, 7) is 1.39. The molecule has 0 saturated carbocycles. The van der Waals surface area contributed by atoms with Crippen molar-refractivity contribution in [3.05, 3.63) is 0 Å². The van der Waals surface area contributed by atoms with Gasteiger partial charge in [0.05, 0.1) is 12.7 Å². The Morgan fingerprint density at radius 1 is 1.36 bits per heavy atom. The van der Waals surface area contributed by atoms with Gasteiger partial charge in [-0.05, 0) is 6.92 Å². The van der Waals surface area contributed by atoms with Gasteiger partial charge in [0, 0.05) is 7.11 Å². The molecule has 5 N–H and O–H groups in total. The van der Waals surface area contributed by atoms with Crippen LogP contribution in [0.5, 0.6) is 0 Å². The molecular formula is C4H14O6Si. The fourth-order valence-electron chi connectivity index (χ4n) is 0. The molecule has 0 aliphatic carbocycles. The Hall–Kier alpha value is -0.0231. The summed E-state index contributed by atoms with van der Waals surface area (Å²) in [6.07, 6.45) is -0.560. The predicted molar refractivity (Wildman–Crippen MR) is 38.2 cm³/mol. The maximum atomic E-state index is 8.11. The van der Waals surface area contributed by atoms with Crippen LogP contribution in [0, 0.1) is 0 Å². The molecule has 0 aromatic heterocycles. The molecule has 0 aromatic rings. The van der Waals surface area contributed by atoms with Gasteiger partial charge in [-0.2, -0.15) is 0 Å². The van der Waals surface area contributed by atoms with Crippen molar-refractivity contribution in [1.82, 2.24) is 0 Å². The first kappa shape index (κ1) is 13.6. The first-order chi connectivity index (χ1) is 4.83. The third-order valence-electron chi connectivity index (χ3n) is 0.538. The Kier molecular flexibility index (Phi) is 8.22. The molecule has 1 atom stereocenters. The van der Waals surface area contributed by atoms with E-state index in [-0.39, 0.29) is 6.61 Å². The average Bonchev–Trinajstić information content (AvgIpc) is 1.88. The number of aliphatic hydroxyl groups is 2. The molecule has 0 aliphatic rings. The van der Waals surface area contributed by atoms with Gasteiger partial charge in [-0.1, -0.05) is 0 Å². The molecule has 7 heteroatoms. The monoisotopic (exact) mass is 186 g/mol. The zero-order valence-electron chi connectivity index (χ0n) is 6.43. The highest BCUT2D eigenvalue weighted by atomic mass is 28.4. The molecule has 1 unspecified atom stereocenters. The molecule has 70 valence electrons. The van der Waals surface area contributed by atoms with E-state index in [1.165, 1.54) is 6.92 Å². The Labute approximate surface area is 65.8 Å². The van der Waals surface area contributed by atoms with E-state index in [2.05, 4.69) is 4.43 Å². The fraction of sp³-hybridized carbons (Fsp3) is 1.00. The van der Waals surface area contributed by atoms with Crippen molar-refractivity contribution >= 4 is 9.05 Å². The van der Waals surface area contributed by atoms with E-state index in [4.69, 9.17) is 24.6 Å². The van der Waals surface area contributed by atoms with Crippen molar-refractivity contribution in [1.29, 1.82) is 0 Å². The first-order valence-corrected chi connectivity index (χ1v) is 4.59. The second kappa shape index (κ2) is 6.67. The minimum atomic E-state index is -4.13. The zero-order chi connectivity index (χ0) is 9.49. The van der Waals surface area contributed by atoms with Crippen LogP contribution >= 0.6 is 0 Å². The van der Waals surface area contributed by atoms with Crippen LogP contribution in [0.15, 0.2) is 0 Å².